The summed E-state index contributed by atoms with van der Waals surface area (Å²) in [7, 11) is 0. The molecule has 1 N–H and O–H groups in total. The van der Waals surface area contributed by atoms with Gasteiger partial charge in [-0.05, 0) is 66.3 Å². The molecule has 4 rings (SSSR count). The van der Waals surface area contributed by atoms with Crippen LogP contribution < -0.4 is 5.43 Å². The standard InChI is InChI=1S/C21H18ClN3O/c1-13-8-14(9-16-5-3-7-23-20(13)16)12-24-25-21(26)19-11-18(19)15-4-2-6-17(22)10-15/h2-10,12,18-19H,11H2,1H3,(H,25,26). The van der Waals surface area contributed by atoms with Crippen molar-refractivity contribution in [3.8, 4) is 0 Å². The maximum absolute atomic E-state index is 12.3. The molecule has 1 aliphatic rings. The summed E-state index contributed by atoms with van der Waals surface area (Å²) in [6.07, 6.45) is 4.30. The van der Waals surface area contributed by atoms with Crippen LogP contribution in [0.15, 0.2) is 59.8 Å². The molecule has 1 heterocycles. The van der Waals surface area contributed by atoms with Gasteiger partial charge >= 0.3 is 0 Å². The van der Waals surface area contributed by atoms with Crippen LogP contribution in [0.3, 0.4) is 0 Å². The molecule has 3 aromatic rings. The molecule has 26 heavy (non-hydrogen) atoms. The number of amides is 1. The van der Waals surface area contributed by atoms with Crippen LogP contribution in [0.4, 0.5) is 0 Å². The number of aromatic nitrogens is 1. The van der Waals surface area contributed by atoms with Gasteiger partial charge in [-0.1, -0.05) is 29.8 Å². The van der Waals surface area contributed by atoms with Crippen molar-refractivity contribution in [3.05, 3.63) is 76.4 Å². The van der Waals surface area contributed by atoms with Gasteiger partial charge in [-0.2, -0.15) is 5.10 Å². The van der Waals surface area contributed by atoms with Gasteiger partial charge in [-0.25, -0.2) is 5.43 Å². The van der Waals surface area contributed by atoms with E-state index in [1.165, 1.54) is 0 Å². The Hall–Kier alpha value is -2.72. The number of benzene rings is 2. The van der Waals surface area contributed by atoms with Crippen LogP contribution in [0, 0.1) is 12.8 Å². The van der Waals surface area contributed by atoms with E-state index in [0.29, 0.717) is 5.02 Å². The molecule has 1 aromatic heterocycles. The van der Waals surface area contributed by atoms with E-state index < -0.39 is 0 Å². The SMILES string of the molecule is Cc1cc(C=NNC(=O)C2CC2c2cccc(Cl)c2)cc2cccnc12. The second-order valence-electron chi connectivity index (χ2n) is 6.65. The number of carbonyl (C=O) groups is 1. The third-order valence-corrected chi connectivity index (χ3v) is 4.95. The van der Waals surface area contributed by atoms with Crippen molar-refractivity contribution in [3.63, 3.8) is 0 Å². The normalized spacial score (nSPS) is 19.0. The van der Waals surface area contributed by atoms with E-state index in [0.717, 1.165) is 34.0 Å². The van der Waals surface area contributed by atoms with Crippen molar-refractivity contribution >= 4 is 34.6 Å². The quantitative estimate of drug-likeness (QED) is 0.550. The first kappa shape index (κ1) is 16.7. The van der Waals surface area contributed by atoms with Gasteiger partial charge in [0.05, 0.1) is 11.7 Å². The van der Waals surface area contributed by atoms with E-state index in [4.69, 9.17) is 11.6 Å². The summed E-state index contributed by atoms with van der Waals surface area (Å²) in [6, 6.07) is 15.6. The molecule has 0 aliphatic heterocycles. The number of nitrogens with one attached hydrogen (secondary N) is 1. The van der Waals surface area contributed by atoms with E-state index in [9.17, 15) is 4.79 Å². The number of halogens is 1. The van der Waals surface area contributed by atoms with Gasteiger partial charge in [-0.3, -0.25) is 9.78 Å². The summed E-state index contributed by atoms with van der Waals surface area (Å²) in [6.45, 7) is 2.02. The zero-order chi connectivity index (χ0) is 18.1. The average Bonchev–Trinajstić information content (AvgIpc) is 3.43. The van der Waals surface area contributed by atoms with Crippen LogP contribution in [-0.2, 0) is 4.79 Å². The van der Waals surface area contributed by atoms with Gasteiger partial charge in [0.25, 0.3) is 0 Å². The van der Waals surface area contributed by atoms with E-state index in [1.54, 1.807) is 12.4 Å². The second-order valence-corrected chi connectivity index (χ2v) is 7.09. The molecule has 1 aliphatic carbocycles. The number of hydrogen-bond donors (Lipinski definition) is 1. The largest absolute Gasteiger partial charge is 0.273 e. The number of hydrogen-bond acceptors (Lipinski definition) is 3. The highest BCUT2D eigenvalue weighted by molar-refractivity contribution is 6.30. The van der Waals surface area contributed by atoms with Crippen LogP contribution in [0.2, 0.25) is 5.02 Å². The fourth-order valence-corrected chi connectivity index (χ4v) is 3.52. The topological polar surface area (TPSA) is 54.4 Å². The van der Waals surface area contributed by atoms with Gasteiger partial charge in [0.15, 0.2) is 0 Å². The van der Waals surface area contributed by atoms with Crippen LogP contribution in [0.5, 0.6) is 0 Å². The molecule has 1 amide bonds. The highest BCUT2D eigenvalue weighted by atomic mass is 35.5. The van der Waals surface area contributed by atoms with Gasteiger partial charge in [0, 0.05) is 22.5 Å². The number of hydrazone groups is 1. The molecule has 5 heteroatoms. The van der Waals surface area contributed by atoms with Crippen LogP contribution in [-0.4, -0.2) is 17.1 Å². The fraction of sp³-hybridized carbons (Fsp3) is 0.190. The van der Waals surface area contributed by atoms with Crippen molar-refractivity contribution in [1.82, 2.24) is 10.4 Å². The minimum Gasteiger partial charge on any atom is -0.273 e. The lowest BCUT2D eigenvalue weighted by Crippen LogP contribution is -2.20. The molecular weight excluding hydrogens is 346 g/mol. The Bertz CT molecular complexity index is 1020. The van der Waals surface area contributed by atoms with Gasteiger partial charge in [0.2, 0.25) is 5.91 Å². The summed E-state index contributed by atoms with van der Waals surface area (Å²) in [5.74, 6) is 0.149. The fourth-order valence-electron chi connectivity index (χ4n) is 3.32. The first-order chi connectivity index (χ1) is 12.6. The number of carbonyl (C=O) groups excluding carboxylic acids is 1. The van der Waals surface area contributed by atoms with E-state index in [-0.39, 0.29) is 17.7 Å². The molecule has 2 atom stereocenters. The molecule has 0 bridgehead atoms. The molecule has 0 spiro atoms. The monoisotopic (exact) mass is 363 g/mol. The molecule has 4 nitrogen and oxygen atoms in total. The lowest BCUT2D eigenvalue weighted by atomic mass is 10.1. The number of nitrogens with zero attached hydrogens (tertiary/aromatic N) is 2. The maximum Gasteiger partial charge on any atom is 0.243 e. The van der Waals surface area contributed by atoms with Gasteiger partial charge in [0.1, 0.15) is 0 Å². The van der Waals surface area contributed by atoms with Crippen molar-refractivity contribution in [1.29, 1.82) is 0 Å². The number of aryl methyl sites for hydroxylation is 1. The molecule has 1 fully saturated rings. The van der Waals surface area contributed by atoms with Crippen molar-refractivity contribution in [2.75, 3.05) is 0 Å². The van der Waals surface area contributed by atoms with E-state index in [2.05, 4.69) is 15.5 Å². The molecule has 130 valence electrons. The Balaban J connectivity index is 1.41. The lowest BCUT2D eigenvalue weighted by molar-refractivity contribution is -0.122. The summed E-state index contributed by atoms with van der Waals surface area (Å²) < 4.78 is 0. The molecule has 2 aromatic carbocycles. The Morgan fingerprint density at radius 1 is 1.27 bits per heavy atom. The zero-order valence-corrected chi connectivity index (χ0v) is 15.1. The Kier molecular flexibility index (Phi) is 4.43. The maximum atomic E-state index is 12.3. The van der Waals surface area contributed by atoms with Crippen molar-refractivity contribution < 1.29 is 4.79 Å². The molecule has 0 saturated heterocycles. The van der Waals surface area contributed by atoms with Crippen molar-refractivity contribution in [2.45, 2.75) is 19.3 Å². The van der Waals surface area contributed by atoms with E-state index in [1.807, 2.05) is 55.5 Å². The smallest absolute Gasteiger partial charge is 0.243 e. The van der Waals surface area contributed by atoms with Crippen LogP contribution in [0.25, 0.3) is 10.9 Å². The average molecular weight is 364 g/mol. The Morgan fingerprint density at radius 3 is 3.00 bits per heavy atom. The molecular formula is C21H18ClN3O. The minimum absolute atomic E-state index is 0.0341. The highest BCUT2D eigenvalue weighted by Crippen LogP contribution is 2.47. The predicted molar refractivity (Wildman–Crippen MR) is 105 cm³/mol. The van der Waals surface area contributed by atoms with Gasteiger partial charge < -0.3 is 0 Å². The van der Waals surface area contributed by atoms with Crippen LogP contribution >= 0.6 is 11.6 Å². The minimum atomic E-state index is -0.0506. The second kappa shape index (κ2) is 6.89. The molecule has 1 saturated carbocycles. The molecule has 0 radical (unpaired) electrons. The summed E-state index contributed by atoms with van der Waals surface area (Å²) in [4.78, 5) is 16.7. The first-order valence-corrected chi connectivity index (χ1v) is 8.93. The predicted octanol–water partition coefficient (Wildman–Crippen LogP) is 4.45. The third-order valence-electron chi connectivity index (χ3n) is 4.71. The third kappa shape index (κ3) is 3.46. The van der Waals surface area contributed by atoms with Gasteiger partial charge in [-0.15, -0.1) is 0 Å². The number of fused-ring (bicyclic) bond motifs is 1. The van der Waals surface area contributed by atoms with E-state index >= 15 is 0 Å². The molecule has 2 unspecified atom stereocenters. The Labute approximate surface area is 156 Å². The number of rotatable bonds is 4. The summed E-state index contributed by atoms with van der Waals surface area (Å²) in [5, 5.41) is 5.89. The van der Waals surface area contributed by atoms with Crippen LogP contribution in [0.1, 0.15) is 29.0 Å². The zero-order valence-electron chi connectivity index (χ0n) is 14.3. The number of pyridine rings is 1. The highest BCUT2D eigenvalue weighted by Gasteiger charge is 2.43. The first-order valence-electron chi connectivity index (χ1n) is 8.55. The van der Waals surface area contributed by atoms with Crippen molar-refractivity contribution in [2.24, 2.45) is 11.0 Å². The Morgan fingerprint density at radius 2 is 2.15 bits per heavy atom. The summed E-state index contributed by atoms with van der Waals surface area (Å²) in [5.41, 5.74) is 6.77. The lowest BCUT2D eigenvalue weighted by Gasteiger charge is -2.03. The summed E-state index contributed by atoms with van der Waals surface area (Å²) >= 11 is 6.02.